The van der Waals surface area contributed by atoms with Crippen LogP contribution in [0.4, 0.5) is 5.69 Å². The Morgan fingerprint density at radius 1 is 1.00 bits per heavy atom. The molecule has 5 nitrogen and oxygen atoms in total. The van der Waals surface area contributed by atoms with Crippen molar-refractivity contribution >= 4 is 33.1 Å². The summed E-state index contributed by atoms with van der Waals surface area (Å²) in [5.74, 6) is -0.186. The highest BCUT2D eigenvalue weighted by Crippen LogP contribution is 2.30. The van der Waals surface area contributed by atoms with E-state index in [4.69, 9.17) is 0 Å². The van der Waals surface area contributed by atoms with Crippen LogP contribution in [0, 0.1) is 0 Å². The number of carbonyl (C=O) groups excluding carboxylic acids is 1. The first-order valence-electron chi connectivity index (χ1n) is 7.32. The number of fused-ring (bicyclic) bond motifs is 1. The number of benzene rings is 1. The first-order chi connectivity index (χ1) is 11.8. The summed E-state index contributed by atoms with van der Waals surface area (Å²) in [6, 6.07) is 13.0. The van der Waals surface area contributed by atoms with Crippen LogP contribution in [0.1, 0.15) is 10.4 Å². The van der Waals surface area contributed by atoms with Gasteiger partial charge >= 0.3 is 0 Å². The maximum Gasteiger partial charge on any atom is 0.257 e. The third-order valence-corrected chi connectivity index (χ3v) is 4.54. The van der Waals surface area contributed by atoms with Crippen LogP contribution in [0.15, 0.2) is 67.3 Å². The molecule has 24 heavy (non-hydrogen) atoms. The standard InChI is InChI=1S/C18H12N4OS/c23-17(13-4-2-7-19-10-13)21-14-5-1-3-12(9-14)18-22-15-6-8-20-11-16(15)24-18/h1-11H,(H,21,23). The van der Waals surface area contributed by atoms with E-state index < -0.39 is 0 Å². The van der Waals surface area contributed by atoms with Gasteiger partial charge in [0.1, 0.15) is 5.01 Å². The minimum Gasteiger partial charge on any atom is -0.322 e. The van der Waals surface area contributed by atoms with Gasteiger partial charge in [0.05, 0.1) is 15.8 Å². The molecule has 1 amide bonds. The molecule has 0 bridgehead atoms. The van der Waals surface area contributed by atoms with Gasteiger partial charge in [-0.05, 0) is 30.3 Å². The van der Waals surface area contributed by atoms with Gasteiger partial charge in [-0.1, -0.05) is 12.1 Å². The van der Waals surface area contributed by atoms with Crippen LogP contribution < -0.4 is 5.32 Å². The van der Waals surface area contributed by atoms with Gasteiger partial charge in [0.15, 0.2) is 0 Å². The molecule has 6 heteroatoms. The topological polar surface area (TPSA) is 67.8 Å². The summed E-state index contributed by atoms with van der Waals surface area (Å²) in [5.41, 5.74) is 3.13. The smallest absolute Gasteiger partial charge is 0.257 e. The quantitative estimate of drug-likeness (QED) is 0.615. The zero-order chi connectivity index (χ0) is 16.4. The summed E-state index contributed by atoms with van der Waals surface area (Å²) in [6.07, 6.45) is 6.72. The van der Waals surface area contributed by atoms with Crippen molar-refractivity contribution < 1.29 is 4.79 Å². The fourth-order valence-electron chi connectivity index (χ4n) is 2.33. The Bertz CT molecular complexity index is 981. The zero-order valence-corrected chi connectivity index (χ0v) is 13.3. The van der Waals surface area contributed by atoms with Gasteiger partial charge in [0, 0.05) is 36.0 Å². The molecule has 0 radical (unpaired) electrons. The number of hydrogen-bond acceptors (Lipinski definition) is 5. The molecule has 0 aliphatic rings. The number of nitrogens with one attached hydrogen (secondary N) is 1. The summed E-state index contributed by atoms with van der Waals surface area (Å²) in [5, 5.41) is 3.79. The van der Waals surface area contributed by atoms with Crippen molar-refractivity contribution in [1.29, 1.82) is 0 Å². The lowest BCUT2D eigenvalue weighted by atomic mass is 10.2. The van der Waals surface area contributed by atoms with Crippen LogP contribution in [0.5, 0.6) is 0 Å². The summed E-state index contributed by atoms with van der Waals surface area (Å²) in [7, 11) is 0. The van der Waals surface area contributed by atoms with Crippen molar-refractivity contribution in [2.24, 2.45) is 0 Å². The summed E-state index contributed by atoms with van der Waals surface area (Å²) in [4.78, 5) is 24.9. The highest BCUT2D eigenvalue weighted by Gasteiger charge is 2.09. The van der Waals surface area contributed by atoms with E-state index in [1.165, 1.54) is 0 Å². The number of anilines is 1. The second-order valence-electron chi connectivity index (χ2n) is 5.14. The van der Waals surface area contributed by atoms with Crippen LogP contribution >= 0.6 is 11.3 Å². The monoisotopic (exact) mass is 332 g/mol. The molecule has 0 spiro atoms. The minimum atomic E-state index is -0.186. The summed E-state index contributed by atoms with van der Waals surface area (Å²) < 4.78 is 1.04. The molecule has 0 saturated heterocycles. The molecular formula is C18H12N4OS. The molecule has 0 unspecified atom stereocenters. The predicted molar refractivity (Wildman–Crippen MR) is 95.0 cm³/mol. The first kappa shape index (κ1) is 14.5. The average Bonchev–Trinajstić information content (AvgIpc) is 3.07. The second kappa shape index (κ2) is 6.17. The Kier molecular flexibility index (Phi) is 3.72. The van der Waals surface area contributed by atoms with E-state index in [0.29, 0.717) is 5.56 Å². The molecule has 116 valence electrons. The van der Waals surface area contributed by atoms with Crippen LogP contribution in [-0.2, 0) is 0 Å². The highest BCUT2D eigenvalue weighted by molar-refractivity contribution is 7.21. The van der Waals surface area contributed by atoms with Crippen LogP contribution in [0.25, 0.3) is 20.8 Å². The first-order valence-corrected chi connectivity index (χ1v) is 8.13. The number of amides is 1. The molecule has 4 aromatic rings. The van der Waals surface area contributed by atoms with Gasteiger partial charge in [-0.2, -0.15) is 0 Å². The van der Waals surface area contributed by atoms with E-state index in [0.717, 1.165) is 26.5 Å². The lowest BCUT2D eigenvalue weighted by molar-refractivity contribution is 0.102. The van der Waals surface area contributed by atoms with Crippen LogP contribution in [0.3, 0.4) is 0 Å². The summed E-state index contributed by atoms with van der Waals surface area (Å²) >= 11 is 1.58. The van der Waals surface area contributed by atoms with E-state index in [-0.39, 0.29) is 5.91 Å². The van der Waals surface area contributed by atoms with Gasteiger partial charge in [-0.25, -0.2) is 4.98 Å². The Morgan fingerprint density at radius 3 is 2.75 bits per heavy atom. The molecular weight excluding hydrogens is 320 g/mol. The van der Waals surface area contributed by atoms with Gasteiger partial charge in [0.25, 0.3) is 5.91 Å². The van der Waals surface area contributed by atoms with E-state index in [9.17, 15) is 4.79 Å². The third kappa shape index (κ3) is 2.87. The molecule has 3 aromatic heterocycles. The van der Waals surface area contributed by atoms with E-state index >= 15 is 0 Å². The SMILES string of the molecule is O=C(Nc1cccc(-c2nc3ccncc3s2)c1)c1cccnc1. The van der Waals surface area contributed by atoms with Crippen molar-refractivity contribution in [3.8, 4) is 10.6 Å². The molecule has 1 aromatic carbocycles. The van der Waals surface area contributed by atoms with Gasteiger partial charge in [-0.15, -0.1) is 11.3 Å². The largest absolute Gasteiger partial charge is 0.322 e. The molecule has 0 aliphatic carbocycles. The molecule has 4 rings (SSSR count). The number of rotatable bonds is 3. The normalized spacial score (nSPS) is 10.7. The highest BCUT2D eigenvalue weighted by atomic mass is 32.1. The zero-order valence-electron chi connectivity index (χ0n) is 12.5. The number of pyridine rings is 2. The number of thiazole rings is 1. The lowest BCUT2D eigenvalue weighted by Gasteiger charge is -2.06. The molecule has 3 heterocycles. The predicted octanol–water partition coefficient (Wildman–Crippen LogP) is 4.01. The van der Waals surface area contributed by atoms with Crippen molar-refractivity contribution in [3.05, 3.63) is 72.8 Å². The Labute approximate surface area is 142 Å². The van der Waals surface area contributed by atoms with Crippen LogP contribution in [0.2, 0.25) is 0 Å². The number of carbonyl (C=O) groups is 1. The molecule has 0 aliphatic heterocycles. The lowest BCUT2D eigenvalue weighted by Crippen LogP contribution is -2.11. The molecule has 1 N–H and O–H groups in total. The van der Waals surface area contributed by atoms with E-state index in [1.807, 2.05) is 36.5 Å². The van der Waals surface area contributed by atoms with Gasteiger partial charge < -0.3 is 5.32 Å². The third-order valence-electron chi connectivity index (χ3n) is 3.48. The maximum atomic E-state index is 12.2. The minimum absolute atomic E-state index is 0.186. The summed E-state index contributed by atoms with van der Waals surface area (Å²) in [6.45, 7) is 0. The number of hydrogen-bond donors (Lipinski definition) is 1. The van der Waals surface area contributed by atoms with Crippen molar-refractivity contribution in [1.82, 2.24) is 15.0 Å². The van der Waals surface area contributed by atoms with Crippen molar-refractivity contribution in [3.63, 3.8) is 0 Å². The Morgan fingerprint density at radius 2 is 1.92 bits per heavy atom. The van der Waals surface area contributed by atoms with Gasteiger partial charge in [-0.3, -0.25) is 14.8 Å². The molecule has 0 atom stereocenters. The molecule has 0 saturated carbocycles. The van der Waals surface area contributed by atoms with Crippen molar-refractivity contribution in [2.45, 2.75) is 0 Å². The average molecular weight is 332 g/mol. The maximum absolute atomic E-state index is 12.2. The van der Waals surface area contributed by atoms with Crippen LogP contribution in [-0.4, -0.2) is 20.9 Å². The van der Waals surface area contributed by atoms with E-state index in [1.54, 1.807) is 42.1 Å². The fourth-order valence-corrected chi connectivity index (χ4v) is 3.26. The Balaban J connectivity index is 1.63. The van der Waals surface area contributed by atoms with Gasteiger partial charge in [0.2, 0.25) is 0 Å². The van der Waals surface area contributed by atoms with Crippen molar-refractivity contribution in [2.75, 3.05) is 5.32 Å². The van der Waals surface area contributed by atoms with E-state index in [2.05, 4.69) is 20.3 Å². The Hall–Kier alpha value is -3.12. The number of nitrogens with zero attached hydrogens (tertiary/aromatic N) is 3. The number of aromatic nitrogens is 3. The fraction of sp³-hybridized carbons (Fsp3) is 0. The molecule has 0 fully saturated rings. The second-order valence-corrected chi connectivity index (χ2v) is 6.17.